The van der Waals surface area contributed by atoms with E-state index in [0.717, 1.165) is 6.61 Å². The summed E-state index contributed by atoms with van der Waals surface area (Å²) in [5, 5.41) is 9.22. The minimum absolute atomic E-state index is 0.242. The van der Waals surface area contributed by atoms with Crippen LogP contribution in [0.1, 0.15) is 13.8 Å². The van der Waals surface area contributed by atoms with Gasteiger partial charge in [0.15, 0.2) is 0 Å². The first kappa shape index (κ1) is 7.03. The molecule has 9 heavy (non-hydrogen) atoms. The highest BCUT2D eigenvalue weighted by molar-refractivity contribution is 4.73. The Hall–Kier alpha value is -0.0800. The summed E-state index contributed by atoms with van der Waals surface area (Å²) in [7, 11) is 0. The van der Waals surface area contributed by atoms with E-state index in [-0.39, 0.29) is 6.10 Å². The van der Waals surface area contributed by atoms with Gasteiger partial charge in [-0.3, -0.25) is 0 Å². The van der Waals surface area contributed by atoms with Gasteiger partial charge in [0.25, 0.3) is 0 Å². The lowest BCUT2D eigenvalue weighted by molar-refractivity contribution is -0.0677. The van der Waals surface area contributed by atoms with E-state index in [0.29, 0.717) is 18.4 Å². The van der Waals surface area contributed by atoms with E-state index in [2.05, 4.69) is 13.8 Å². The number of hydrogen-bond acceptors (Lipinski definition) is 2. The summed E-state index contributed by atoms with van der Waals surface area (Å²) in [6.07, 6.45) is -0.242. The lowest BCUT2D eigenvalue weighted by Gasteiger charge is -2.30. The first-order chi connectivity index (χ1) is 4.22. The molecule has 0 aromatic heterocycles. The molecule has 1 unspecified atom stereocenters. The molecule has 1 aliphatic rings. The van der Waals surface area contributed by atoms with Crippen LogP contribution < -0.4 is 0 Å². The van der Waals surface area contributed by atoms with Gasteiger partial charge in [-0.2, -0.15) is 0 Å². The number of ether oxygens (including phenoxy) is 1. The topological polar surface area (TPSA) is 29.5 Å². The Kier molecular flexibility index (Phi) is 2.09. The first-order valence-corrected chi connectivity index (χ1v) is 3.47. The van der Waals surface area contributed by atoms with Crippen molar-refractivity contribution in [2.45, 2.75) is 20.0 Å². The Bertz CT molecular complexity index is 82.9. The molecule has 0 spiro atoms. The normalized spacial score (nSPS) is 45.0. The van der Waals surface area contributed by atoms with Crippen molar-refractivity contribution < 1.29 is 9.84 Å². The molecule has 2 heteroatoms. The van der Waals surface area contributed by atoms with Crippen LogP contribution in [0, 0.1) is 11.8 Å². The fourth-order valence-corrected chi connectivity index (χ4v) is 1.06. The standard InChI is InChI=1S/C7H14O2/c1-5-3-9-4-7(8)6(5)2/h5-8H,3-4H2,1-2H3/t5-,6-,7?/m1/s1. The maximum Gasteiger partial charge on any atom is 0.0802 e. The number of aliphatic hydroxyl groups is 1. The highest BCUT2D eigenvalue weighted by Crippen LogP contribution is 2.20. The summed E-state index contributed by atoms with van der Waals surface area (Å²) >= 11 is 0. The van der Waals surface area contributed by atoms with E-state index in [1.165, 1.54) is 0 Å². The lowest BCUT2D eigenvalue weighted by atomic mass is 9.90. The van der Waals surface area contributed by atoms with Crippen molar-refractivity contribution in [2.75, 3.05) is 13.2 Å². The molecule has 1 heterocycles. The quantitative estimate of drug-likeness (QED) is 0.521. The highest BCUT2D eigenvalue weighted by Gasteiger charge is 2.25. The van der Waals surface area contributed by atoms with Gasteiger partial charge in [-0.1, -0.05) is 13.8 Å². The first-order valence-electron chi connectivity index (χ1n) is 3.47. The number of rotatable bonds is 0. The molecule has 1 rings (SSSR count). The molecule has 0 aromatic carbocycles. The lowest BCUT2D eigenvalue weighted by Crippen LogP contribution is -2.36. The van der Waals surface area contributed by atoms with Gasteiger partial charge >= 0.3 is 0 Å². The largest absolute Gasteiger partial charge is 0.390 e. The summed E-state index contributed by atoms with van der Waals surface area (Å²) in [6.45, 7) is 5.49. The Morgan fingerprint density at radius 1 is 1.33 bits per heavy atom. The molecular formula is C7H14O2. The van der Waals surface area contributed by atoms with Crippen LogP contribution in [0.5, 0.6) is 0 Å². The van der Waals surface area contributed by atoms with Gasteiger partial charge in [0.2, 0.25) is 0 Å². The Balaban J connectivity index is 2.41. The maximum absolute atomic E-state index is 9.22. The minimum atomic E-state index is -0.242. The summed E-state index contributed by atoms with van der Waals surface area (Å²) in [4.78, 5) is 0. The molecule has 0 aliphatic carbocycles. The molecule has 0 bridgehead atoms. The fourth-order valence-electron chi connectivity index (χ4n) is 1.06. The second-order valence-electron chi connectivity index (χ2n) is 2.94. The zero-order valence-electron chi connectivity index (χ0n) is 6.00. The smallest absolute Gasteiger partial charge is 0.0802 e. The minimum Gasteiger partial charge on any atom is -0.390 e. The van der Waals surface area contributed by atoms with E-state index in [4.69, 9.17) is 4.74 Å². The SMILES string of the molecule is C[C@@H]1COCC(O)[C@@H]1C. The second kappa shape index (κ2) is 2.67. The third-order valence-electron chi connectivity index (χ3n) is 2.17. The van der Waals surface area contributed by atoms with E-state index in [1.807, 2.05) is 0 Å². The Morgan fingerprint density at radius 2 is 2.00 bits per heavy atom. The van der Waals surface area contributed by atoms with Crippen molar-refractivity contribution in [1.29, 1.82) is 0 Å². The van der Waals surface area contributed by atoms with Crippen LogP contribution in [0.4, 0.5) is 0 Å². The molecule has 0 aromatic rings. The van der Waals surface area contributed by atoms with E-state index in [9.17, 15) is 5.11 Å². The molecule has 2 nitrogen and oxygen atoms in total. The van der Waals surface area contributed by atoms with Gasteiger partial charge in [-0.25, -0.2) is 0 Å². The van der Waals surface area contributed by atoms with Crippen molar-refractivity contribution in [3.63, 3.8) is 0 Å². The molecule has 0 radical (unpaired) electrons. The molecule has 1 fully saturated rings. The zero-order chi connectivity index (χ0) is 6.85. The molecule has 0 saturated carbocycles. The van der Waals surface area contributed by atoms with Crippen LogP contribution in [0.2, 0.25) is 0 Å². The fraction of sp³-hybridized carbons (Fsp3) is 1.00. The zero-order valence-corrected chi connectivity index (χ0v) is 6.00. The summed E-state index contributed by atoms with van der Waals surface area (Å²) in [5.74, 6) is 0.910. The summed E-state index contributed by atoms with van der Waals surface area (Å²) in [6, 6.07) is 0. The Morgan fingerprint density at radius 3 is 2.44 bits per heavy atom. The molecule has 1 saturated heterocycles. The van der Waals surface area contributed by atoms with Crippen LogP contribution in [0.15, 0.2) is 0 Å². The maximum atomic E-state index is 9.22. The van der Waals surface area contributed by atoms with Gasteiger partial charge in [0.1, 0.15) is 0 Å². The van der Waals surface area contributed by atoms with Crippen LogP contribution in [0.25, 0.3) is 0 Å². The molecule has 1 aliphatic heterocycles. The van der Waals surface area contributed by atoms with Crippen LogP contribution >= 0.6 is 0 Å². The van der Waals surface area contributed by atoms with Crippen molar-refractivity contribution in [3.05, 3.63) is 0 Å². The second-order valence-corrected chi connectivity index (χ2v) is 2.94. The van der Waals surface area contributed by atoms with E-state index < -0.39 is 0 Å². The van der Waals surface area contributed by atoms with Crippen molar-refractivity contribution in [1.82, 2.24) is 0 Å². The molecular weight excluding hydrogens is 116 g/mol. The van der Waals surface area contributed by atoms with Crippen LogP contribution in [-0.2, 0) is 4.74 Å². The van der Waals surface area contributed by atoms with E-state index in [1.54, 1.807) is 0 Å². The van der Waals surface area contributed by atoms with Crippen molar-refractivity contribution >= 4 is 0 Å². The van der Waals surface area contributed by atoms with Crippen LogP contribution in [-0.4, -0.2) is 24.4 Å². The van der Waals surface area contributed by atoms with Crippen molar-refractivity contribution in [2.24, 2.45) is 11.8 Å². The predicted molar refractivity (Wildman–Crippen MR) is 35.2 cm³/mol. The van der Waals surface area contributed by atoms with Gasteiger partial charge in [0, 0.05) is 6.61 Å². The Labute approximate surface area is 55.8 Å². The molecule has 1 N–H and O–H groups in total. The summed E-state index contributed by atoms with van der Waals surface area (Å²) < 4.78 is 5.11. The van der Waals surface area contributed by atoms with Gasteiger partial charge in [0.05, 0.1) is 12.7 Å². The predicted octanol–water partition coefficient (Wildman–Crippen LogP) is 0.650. The van der Waals surface area contributed by atoms with Gasteiger partial charge in [-0.05, 0) is 11.8 Å². The monoisotopic (exact) mass is 130 g/mol. The third-order valence-corrected chi connectivity index (χ3v) is 2.17. The third kappa shape index (κ3) is 1.43. The van der Waals surface area contributed by atoms with Crippen molar-refractivity contribution in [3.8, 4) is 0 Å². The number of aliphatic hydroxyl groups excluding tert-OH is 1. The highest BCUT2D eigenvalue weighted by atomic mass is 16.5. The average molecular weight is 130 g/mol. The molecule has 0 amide bonds. The molecule has 54 valence electrons. The average Bonchev–Trinajstić information content (AvgIpc) is 1.83. The van der Waals surface area contributed by atoms with Gasteiger partial charge < -0.3 is 9.84 Å². The van der Waals surface area contributed by atoms with E-state index >= 15 is 0 Å². The number of hydrogen-bond donors (Lipinski definition) is 1. The summed E-state index contributed by atoms with van der Waals surface area (Å²) in [5.41, 5.74) is 0. The molecule has 3 atom stereocenters. The van der Waals surface area contributed by atoms with Crippen LogP contribution in [0.3, 0.4) is 0 Å². The van der Waals surface area contributed by atoms with Gasteiger partial charge in [-0.15, -0.1) is 0 Å².